The van der Waals surface area contributed by atoms with Crippen molar-refractivity contribution >= 4 is 68.9 Å². The molecular formula is C21H18N2O5S3. The summed E-state index contributed by atoms with van der Waals surface area (Å²) in [5.41, 5.74) is 6.36. The van der Waals surface area contributed by atoms with Gasteiger partial charge < -0.3 is 15.2 Å². The van der Waals surface area contributed by atoms with E-state index in [9.17, 15) is 14.4 Å². The van der Waals surface area contributed by atoms with Gasteiger partial charge >= 0.3 is 11.9 Å². The second-order valence-corrected chi connectivity index (χ2v) is 9.49. The Balaban J connectivity index is 2.12. The number of methoxy groups -OCH3 is 1. The summed E-state index contributed by atoms with van der Waals surface area (Å²) in [5, 5.41) is 3.71. The molecule has 31 heavy (non-hydrogen) atoms. The van der Waals surface area contributed by atoms with E-state index >= 15 is 0 Å². The first-order valence-corrected chi connectivity index (χ1v) is 11.9. The van der Waals surface area contributed by atoms with Gasteiger partial charge in [-0.15, -0.1) is 22.7 Å². The van der Waals surface area contributed by atoms with E-state index in [4.69, 9.17) is 15.2 Å². The highest BCUT2D eigenvalue weighted by Crippen LogP contribution is 2.41. The fourth-order valence-electron chi connectivity index (χ4n) is 3.31. The molecule has 0 radical (unpaired) electrons. The molecule has 4 heterocycles. The summed E-state index contributed by atoms with van der Waals surface area (Å²) in [6.45, 7) is 1.88. The van der Waals surface area contributed by atoms with E-state index in [1.165, 1.54) is 34.4 Å². The Hall–Kier alpha value is -2.82. The van der Waals surface area contributed by atoms with Gasteiger partial charge in [0.15, 0.2) is 5.69 Å². The molecule has 0 aromatic carbocycles. The Morgan fingerprint density at radius 1 is 1.19 bits per heavy atom. The van der Waals surface area contributed by atoms with E-state index in [0.29, 0.717) is 5.22 Å². The van der Waals surface area contributed by atoms with Gasteiger partial charge in [-0.3, -0.25) is 9.36 Å². The molecule has 2 N–H and O–H groups in total. The van der Waals surface area contributed by atoms with Crippen molar-refractivity contribution in [3.05, 3.63) is 61.0 Å². The Kier molecular flexibility index (Phi) is 6.03. The van der Waals surface area contributed by atoms with Crippen molar-refractivity contribution in [3.63, 3.8) is 0 Å². The standard InChI is InChI=1S/C21H18N2O5S3/c1-3-28-21(26)18-15-12(10-11-6-4-8-29-11)14(22)16(20(25)27-2)23(15)19(24)17(31-18)13-7-5-9-30-13/h4-10,17H,3,22H2,1-2H3. The molecule has 1 unspecified atom stereocenters. The highest BCUT2D eigenvalue weighted by Gasteiger charge is 2.38. The maximum atomic E-state index is 13.6. The summed E-state index contributed by atoms with van der Waals surface area (Å²) in [6, 6.07) is 7.40. The van der Waals surface area contributed by atoms with Gasteiger partial charge in [0.1, 0.15) is 10.2 Å². The van der Waals surface area contributed by atoms with Gasteiger partial charge in [-0.25, -0.2) is 9.59 Å². The number of hydrogen-bond acceptors (Lipinski definition) is 9. The number of carbonyl (C=O) groups is 3. The van der Waals surface area contributed by atoms with Crippen LogP contribution >= 0.6 is 34.4 Å². The zero-order chi connectivity index (χ0) is 22.1. The lowest BCUT2D eigenvalue weighted by atomic mass is 10.2. The van der Waals surface area contributed by atoms with Crippen LogP contribution in [-0.2, 0) is 14.3 Å². The Labute approximate surface area is 189 Å². The molecule has 0 fully saturated rings. The van der Waals surface area contributed by atoms with Crippen LogP contribution in [0.5, 0.6) is 0 Å². The van der Waals surface area contributed by atoms with Gasteiger partial charge in [-0.2, -0.15) is 0 Å². The summed E-state index contributed by atoms with van der Waals surface area (Å²) < 4.78 is 11.4. The number of thiophene rings is 2. The van der Waals surface area contributed by atoms with E-state index in [0.717, 1.165) is 21.5 Å². The molecule has 160 valence electrons. The monoisotopic (exact) mass is 474 g/mol. The van der Waals surface area contributed by atoms with Crippen LogP contribution in [0, 0.1) is 0 Å². The number of nitrogen functional groups attached to an aromatic ring is 1. The smallest absolute Gasteiger partial charge is 0.357 e. The van der Waals surface area contributed by atoms with Crippen molar-refractivity contribution in [1.29, 1.82) is 0 Å². The molecule has 10 heteroatoms. The third-order valence-electron chi connectivity index (χ3n) is 4.61. The highest BCUT2D eigenvalue weighted by atomic mass is 32.2. The van der Waals surface area contributed by atoms with Crippen LogP contribution in [0.2, 0.25) is 0 Å². The predicted octanol–water partition coefficient (Wildman–Crippen LogP) is 2.61. The fourth-order valence-corrected chi connectivity index (χ4v) is 6.08. The third-order valence-corrected chi connectivity index (χ3v) is 7.81. The first-order chi connectivity index (χ1) is 15.0. The van der Waals surface area contributed by atoms with Crippen molar-refractivity contribution in [2.24, 2.45) is 0 Å². The topological polar surface area (TPSA) is 101 Å². The van der Waals surface area contributed by atoms with Crippen LogP contribution in [0.15, 0.2) is 35.0 Å². The lowest BCUT2D eigenvalue weighted by molar-refractivity contribution is -0.135. The van der Waals surface area contributed by atoms with Crippen LogP contribution < -0.4 is 16.3 Å². The van der Waals surface area contributed by atoms with Gasteiger partial charge in [0.2, 0.25) is 0 Å². The third kappa shape index (κ3) is 3.71. The molecule has 3 aromatic rings. The summed E-state index contributed by atoms with van der Waals surface area (Å²) >= 11 is 3.98. The number of rotatable bonds is 5. The maximum absolute atomic E-state index is 13.6. The lowest BCUT2D eigenvalue weighted by Gasteiger charge is -2.22. The van der Waals surface area contributed by atoms with Gasteiger partial charge in [-0.05, 0) is 35.9 Å². The van der Waals surface area contributed by atoms with Crippen LogP contribution in [0.25, 0.3) is 11.0 Å². The Bertz CT molecular complexity index is 1270. The molecule has 0 amide bonds. The number of carbonyl (C=O) groups excluding carboxylic acids is 3. The number of fused-ring (bicyclic) bond motifs is 1. The molecule has 4 rings (SSSR count). The molecule has 1 aliphatic heterocycles. The van der Waals surface area contributed by atoms with Crippen LogP contribution in [-0.4, -0.2) is 36.1 Å². The quantitative estimate of drug-likeness (QED) is 0.567. The minimum atomic E-state index is -0.752. The number of aromatic nitrogens is 1. The Morgan fingerprint density at radius 3 is 2.55 bits per heavy atom. The molecule has 0 spiro atoms. The van der Waals surface area contributed by atoms with E-state index in [2.05, 4.69) is 0 Å². The van der Waals surface area contributed by atoms with Crippen LogP contribution in [0.4, 0.5) is 5.69 Å². The maximum Gasteiger partial charge on any atom is 0.357 e. The predicted molar refractivity (Wildman–Crippen MR) is 123 cm³/mol. The molecule has 0 saturated heterocycles. The van der Waals surface area contributed by atoms with Crippen molar-refractivity contribution in [1.82, 2.24) is 4.57 Å². The second kappa shape index (κ2) is 8.74. The fraction of sp³-hybridized carbons (Fsp3) is 0.190. The molecule has 0 saturated carbocycles. The average Bonchev–Trinajstić information content (AvgIpc) is 3.51. The summed E-state index contributed by atoms with van der Waals surface area (Å²) in [5.74, 6) is -1.69. The van der Waals surface area contributed by atoms with Crippen molar-refractivity contribution in [2.75, 3.05) is 19.5 Å². The minimum Gasteiger partial charge on any atom is -0.464 e. The van der Waals surface area contributed by atoms with Gasteiger partial charge in [0.25, 0.3) is 5.91 Å². The van der Waals surface area contributed by atoms with Crippen LogP contribution in [0.3, 0.4) is 0 Å². The van der Waals surface area contributed by atoms with E-state index < -0.39 is 17.2 Å². The first kappa shape index (κ1) is 21.4. The van der Waals surface area contributed by atoms with Crippen LogP contribution in [0.1, 0.15) is 37.2 Å². The number of hydrogen-bond donors (Lipinski definition) is 1. The lowest BCUT2D eigenvalue weighted by Crippen LogP contribution is -2.42. The molecule has 7 nitrogen and oxygen atoms in total. The zero-order valence-corrected chi connectivity index (χ0v) is 19.1. The highest BCUT2D eigenvalue weighted by molar-refractivity contribution is 8.10. The molecule has 1 aliphatic rings. The van der Waals surface area contributed by atoms with E-state index in [1.807, 2.05) is 35.0 Å². The molecular weight excluding hydrogens is 456 g/mol. The molecule has 0 aliphatic carbocycles. The summed E-state index contributed by atoms with van der Waals surface area (Å²) in [7, 11) is 1.22. The minimum absolute atomic E-state index is 0.0813. The van der Waals surface area contributed by atoms with Crippen molar-refractivity contribution < 1.29 is 23.9 Å². The zero-order valence-electron chi connectivity index (χ0n) is 16.6. The number of nitrogens with zero attached hydrogens (tertiary/aromatic N) is 1. The van der Waals surface area contributed by atoms with E-state index in [-0.39, 0.29) is 34.1 Å². The number of anilines is 1. The average molecular weight is 475 g/mol. The largest absolute Gasteiger partial charge is 0.464 e. The van der Waals surface area contributed by atoms with Crippen molar-refractivity contribution in [2.45, 2.75) is 12.2 Å². The first-order valence-electron chi connectivity index (χ1n) is 9.27. The molecule has 3 aromatic heterocycles. The molecule has 1 atom stereocenters. The summed E-state index contributed by atoms with van der Waals surface area (Å²) in [6.07, 6.45) is 1.76. The number of ether oxygens (including phenoxy) is 2. The number of esters is 2. The SMILES string of the molecule is CCOC(=O)C1=c2c(=Cc3cccs3)c(N)c(C(=O)OC)n2C(=O)C(c2cccs2)S1. The summed E-state index contributed by atoms with van der Waals surface area (Å²) in [4.78, 5) is 41.0. The van der Waals surface area contributed by atoms with Gasteiger partial charge in [0, 0.05) is 15.0 Å². The van der Waals surface area contributed by atoms with E-state index in [1.54, 1.807) is 13.0 Å². The van der Waals surface area contributed by atoms with Gasteiger partial charge in [0.05, 0.1) is 24.8 Å². The molecule has 0 bridgehead atoms. The normalized spacial score (nSPS) is 16.3. The van der Waals surface area contributed by atoms with Crippen molar-refractivity contribution in [3.8, 4) is 0 Å². The number of thioether (sulfide) groups is 1. The Morgan fingerprint density at radius 2 is 1.94 bits per heavy atom. The van der Waals surface area contributed by atoms with Gasteiger partial charge in [-0.1, -0.05) is 23.9 Å². The number of nitrogens with two attached hydrogens (primary N) is 1. The second-order valence-electron chi connectivity index (χ2n) is 6.41.